The molecule has 122 valence electrons. The number of anilines is 1. The van der Waals surface area contributed by atoms with E-state index in [2.05, 4.69) is 44.4 Å². The summed E-state index contributed by atoms with van der Waals surface area (Å²) >= 11 is 0. The van der Waals surface area contributed by atoms with Gasteiger partial charge in [0.1, 0.15) is 7.85 Å². The van der Waals surface area contributed by atoms with Gasteiger partial charge in [-0.1, -0.05) is 36.7 Å². The Morgan fingerprint density at radius 2 is 2.04 bits per heavy atom. The maximum absolute atomic E-state index is 12.3. The number of benzene rings is 2. The third-order valence-electron chi connectivity index (χ3n) is 4.05. The smallest absolute Gasteiger partial charge is 0.321 e. The van der Waals surface area contributed by atoms with E-state index >= 15 is 0 Å². The molecule has 2 aromatic rings. The molecule has 0 bridgehead atoms. The molecule has 0 aliphatic rings. The highest BCUT2D eigenvalue weighted by molar-refractivity contribution is 6.32. The standard InChI is InChI=1S/C19H22BN3O/c1-3-15-12-17(20)8-7-16(15)9-10-23(2)19(24)22-18-6-4-5-14(11-18)13-21/h4-8,11-12H,3,9-10,20H2,1-2H3,(H,22,24). The van der Waals surface area contributed by atoms with Gasteiger partial charge in [-0.2, -0.15) is 5.26 Å². The second-order valence-corrected chi connectivity index (χ2v) is 5.92. The van der Waals surface area contributed by atoms with Gasteiger partial charge in [0.2, 0.25) is 0 Å². The zero-order valence-corrected chi connectivity index (χ0v) is 14.5. The van der Waals surface area contributed by atoms with Gasteiger partial charge in [0.05, 0.1) is 11.6 Å². The quantitative estimate of drug-likeness (QED) is 0.858. The monoisotopic (exact) mass is 319 g/mol. The van der Waals surface area contributed by atoms with Gasteiger partial charge in [-0.05, 0) is 42.2 Å². The lowest BCUT2D eigenvalue weighted by Crippen LogP contribution is -2.33. The summed E-state index contributed by atoms with van der Waals surface area (Å²) in [6.07, 6.45) is 1.82. The lowest BCUT2D eigenvalue weighted by Gasteiger charge is -2.19. The van der Waals surface area contributed by atoms with Crippen LogP contribution in [0.1, 0.15) is 23.6 Å². The molecule has 0 spiro atoms. The van der Waals surface area contributed by atoms with Crippen LogP contribution in [0.4, 0.5) is 10.5 Å². The molecule has 0 aromatic heterocycles. The molecule has 0 atom stereocenters. The van der Waals surface area contributed by atoms with Crippen LogP contribution < -0.4 is 10.8 Å². The number of likely N-dealkylation sites (N-methyl/N-ethyl adjacent to an activating group) is 1. The van der Waals surface area contributed by atoms with Gasteiger partial charge in [-0.3, -0.25) is 0 Å². The Bertz CT molecular complexity index is 767. The molecule has 0 heterocycles. The molecule has 4 nitrogen and oxygen atoms in total. The van der Waals surface area contributed by atoms with Gasteiger partial charge in [-0.15, -0.1) is 0 Å². The maximum atomic E-state index is 12.3. The number of amides is 2. The number of aryl methyl sites for hydroxylation is 1. The largest absolute Gasteiger partial charge is 0.327 e. The van der Waals surface area contributed by atoms with Crippen molar-refractivity contribution in [3.63, 3.8) is 0 Å². The Balaban J connectivity index is 1.95. The van der Waals surface area contributed by atoms with Crippen molar-refractivity contribution in [2.24, 2.45) is 0 Å². The van der Waals surface area contributed by atoms with Gasteiger partial charge in [0.15, 0.2) is 0 Å². The molecular weight excluding hydrogens is 297 g/mol. The van der Waals surface area contributed by atoms with Gasteiger partial charge >= 0.3 is 6.03 Å². The molecule has 0 radical (unpaired) electrons. The molecule has 2 amide bonds. The first-order chi connectivity index (χ1) is 11.5. The third-order valence-corrected chi connectivity index (χ3v) is 4.05. The van der Waals surface area contributed by atoms with E-state index in [9.17, 15) is 4.79 Å². The minimum absolute atomic E-state index is 0.171. The minimum Gasteiger partial charge on any atom is -0.327 e. The number of rotatable bonds is 5. The lowest BCUT2D eigenvalue weighted by molar-refractivity contribution is 0.223. The van der Waals surface area contributed by atoms with Crippen LogP contribution in [0.5, 0.6) is 0 Å². The molecule has 1 N–H and O–H groups in total. The Morgan fingerprint density at radius 3 is 2.75 bits per heavy atom. The van der Waals surface area contributed by atoms with Crippen molar-refractivity contribution >= 4 is 25.0 Å². The molecule has 5 heteroatoms. The Labute approximate surface area is 144 Å². The molecule has 0 saturated carbocycles. The number of hydrogen-bond donors (Lipinski definition) is 1. The average Bonchev–Trinajstić information content (AvgIpc) is 2.60. The van der Waals surface area contributed by atoms with Crippen LogP contribution in [0.15, 0.2) is 42.5 Å². The first-order valence-electron chi connectivity index (χ1n) is 8.14. The summed E-state index contributed by atoms with van der Waals surface area (Å²) in [6, 6.07) is 15.3. The molecule has 2 rings (SSSR count). The van der Waals surface area contributed by atoms with Gasteiger partial charge < -0.3 is 10.2 Å². The van der Waals surface area contributed by atoms with Crippen LogP contribution in [0, 0.1) is 11.3 Å². The zero-order chi connectivity index (χ0) is 17.5. The van der Waals surface area contributed by atoms with Crippen LogP contribution in [0.2, 0.25) is 0 Å². The SMILES string of the molecule is Bc1ccc(CCN(C)C(=O)Nc2cccc(C#N)c2)c(CC)c1. The van der Waals surface area contributed by atoms with Gasteiger partial charge in [0.25, 0.3) is 0 Å². The van der Waals surface area contributed by atoms with Crippen LogP contribution >= 0.6 is 0 Å². The fourth-order valence-electron chi connectivity index (χ4n) is 2.60. The van der Waals surface area contributed by atoms with E-state index < -0.39 is 0 Å². The molecule has 0 aliphatic carbocycles. The predicted octanol–water partition coefficient (Wildman–Crippen LogP) is 2.09. The van der Waals surface area contributed by atoms with Crippen LogP contribution in [-0.2, 0) is 12.8 Å². The molecule has 0 saturated heterocycles. The fraction of sp³-hybridized carbons (Fsp3) is 0.263. The summed E-state index contributed by atoms with van der Waals surface area (Å²) in [5, 5.41) is 11.7. The lowest BCUT2D eigenvalue weighted by atomic mass is 9.90. The second kappa shape index (κ2) is 8.21. The van der Waals surface area contributed by atoms with E-state index in [1.165, 1.54) is 16.6 Å². The highest BCUT2D eigenvalue weighted by Gasteiger charge is 2.10. The summed E-state index contributed by atoms with van der Waals surface area (Å²) in [5.74, 6) is 0. The normalized spacial score (nSPS) is 10.0. The highest BCUT2D eigenvalue weighted by Crippen LogP contribution is 2.12. The summed E-state index contributed by atoms with van der Waals surface area (Å²) in [6.45, 7) is 2.79. The van der Waals surface area contributed by atoms with Gasteiger partial charge in [0, 0.05) is 19.3 Å². The second-order valence-electron chi connectivity index (χ2n) is 5.92. The molecule has 0 aliphatic heterocycles. The summed E-state index contributed by atoms with van der Waals surface area (Å²) in [5.41, 5.74) is 5.05. The first kappa shape index (κ1) is 17.6. The molecule has 0 fully saturated rings. The average molecular weight is 319 g/mol. The summed E-state index contributed by atoms with van der Waals surface area (Å²) in [7, 11) is 3.88. The Morgan fingerprint density at radius 1 is 1.25 bits per heavy atom. The van der Waals surface area contributed by atoms with Crippen molar-refractivity contribution in [1.82, 2.24) is 4.90 Å². The van der Waals surface area contributed by atoms with Crippen molar-refractivity contribution < 1.29 is 4.79 Å². The topological polar surface area (TPSA) is 56.1 Å². The molecular formula is C19H22BN3O. The maximum Gasteiger partial charge on any atom is 0.321 e. The number of nitrogens with one attached hydrogen (secondary N) is 1. The van der Waals surface area contributed by atoms with Crippen LogP contribution in [0.3, 0.4) is 0 Å². The molecule has 24 heavy (non-hydrogen) atoms. The van der Waals surface area contributed by atoms with Crippen molar-refractivity contribution in [3.8, 4) is 6.07 Å². The van der Waals surface area contributed by atoms with Crippen molar-refractivity contribution in [3.05, 3.63) is 59.2 Å². The number of carbonyl (C=O) groups excluding carboxylic acids is 1. The number of urea groups is 1. The van der Waals surface area contributed by atoms with E-state index in [0.29, 0.717) is 17.8 Å². The van der Waals surface area contributed by atoms with E-state index in [4.69, 9.17) is 5.26 Å². The van der Waals surface area contributed by atoms with Crippen molar-refractivity contribution in [2.45, 2.75) is 19.8 Å². The summed E-state index contributed by atoms with van der Waals surface area (Å²) < 4.78 is 0. The Hall–Kier alpha value is -2.74. The number of nitrogens with zero attached hydrogens (tertiary/aromatic N) is 2. The fourth-order valence-corrected chi connectivity index (χ4v) is 2.60. The van der Waals surface area contributed by atoms with Crippen molar-refractivity contribution in [1.29, 1.82) is 5.26 Å². The van der Waals surface area contributed by atoms with E-state index in [0.717, 1.165) is 12.8 Å². The van der Waals surface area contributed by atoms with Crippen molar-refractivity contribution in [2.75, 3.05) is 18.9 Å². The number of carbonyl (C=O) groups is 1. The van der Waals surface area contributed by atoms with E-state index in [1.54, 1.807) is 36.2 Å². The van der Waals surface area contributed by atoms with Crippen LogP contribution in [0.25, 0.3) is 0 Å². The van der Waals surface area contributed by atoms with E-state index in [-0.39, 0.29) is 6.03 Å². The summed E-state index contributed by atoms with van der Waals surface area (Å²) in [4.78, 5) is 13.9. The van der Waals surface area contributed by atoms with Gasteiger partial charge in [-0.25, -0.2) is 4.79 Å². The third kappa shape index (κ3) is 4.63. The Kier molecular flexibility index (Phi) is 6.03. The predicted molar refractivity (Wildman–Crippen MR) is 101 cm³/mol. The minimum atomic E-state index is -0.171. The number of hydrogen-bond acceptors (Lipinski definition) is 2. The molecule has 0 unspecified atom stereocenters. The van der Waals surface area contributed by atoms with Crippen LogP contribution in [-0.4, -0.2) is 32.4 Å². The number of nitriles is 1. The highest BCUT2D eigenvalue weighted by atomic mass is 16.2. The van der Waals surface area contributed by atoms with E-state index in [1.807, 2.05) is 0 Å². The molecule has 2 aromatic carbocycles. The zero-order valence-electron chi connectivity index (χ0n) is 14.5. The first-order valence-corrected chi connectivity index (χ1v) is 8.14.